The molecule has 0 spiro atoms. The average Bonchev–Trinajstić information content (AvgIpc) is 3.26. The number of esters is 3. The summed E-state index contributed by atoms with van der Waals surface area (Å²) in [6.45, 7) is 0. The molecule has 8 heteroatoms. The molecule has 4 rings (SSSR count). The molecule has 0 bridgehead atoms. The fourth-order valence-corrected chi connectivity index (χ4v) is 4.46. The number of thiophene rings is 1. The van der Waals surface area contributed by atoms with Crippen LogP contribution < -0.4 is 0 Å². The van der Waals surface area contributed by atoms with Gasteiger partial charge in [0, 0.05) is 10.1 Å². The van der Waals surface area contributed by atoms with Gasteiger partial charge in [0.25, 0.3) is 0 Å². The summed E-state index contributed by atoms with van der Waals surface area (Å²) in [5.74, 6) is -2.39. The zero-order chi connectivity index (χ0) is 20.0. The molecule has 0 N–H and O–H groups in total. The number of methoxy groups -OCH3 is 3. The van der Waals surface area contributed by atoms with Crippen molar-refractivity contribution >= 4 is 60.6 Å². The minimum Gasteiger partial charge on any atom is -0.465 e. The highest BCUT2D eigenvalue weighted by Crippen LogP contribution is 2.44. The van der Waals surface area contributed by atoms with E-state index in [4.69, 9.17) is 18.6 Å². The number of carbonyl (C=O) groups is 3. The zero-order valence-electron chi connectivity index (χ0n) is 15.2. The summed E-state index contributed by atoms with van der Waals surface area (Å²) < 4.78 is 21.9. The SMILES string of the molecule is COC(=O)c1cc2sc3c4ccccc4oc3c2c(C(=O)OC)c1C(=O)OC. The van der Waals surface area contributed by atoms with Gasteiger partial charge in [0.2, 0.25) is 0 Å². The Morgan fingerprint density at radius 3 is 2.21 bits per heavy atom. The number of hydrogen-bond acceptors (Lipinski definition) is 8. The van der Waals surface area contributed by atoms with Gasteiger partial charge in [-0.2, -0.15) is 0 Å². The van der Waals surface area contributed by atoms with Crippen molar-refractivity contribution in [3.05, 3.63) is 47.0 Å². The molecule has 0 fully saturated rings. The van der Waals surface area contributed by atoms with E-state index in [1.807, 2.05) is 24.3 Å². The maximum absolute atomic E-state index is 12.7. The molecule has 142 valence electrons. The maximum atomic E-state index is 12.7. The summed E-state index contributed by atoms with van der Waals surface area (Å²) in [7, 11) is 3.56. The van der Waals surface area contributed by atoms with Gasteiger partial charge in [0.15, 0.2) is 5.58 Å². The lowest BCUT2D eigenvalue weighted by molar-refractivity contribution is 0.0537. The van der Waals surface area contributed by atoms with Crippen LogP contribution in [0.15, 0.2) is 34.7 Å². The van der Waals surface area contributed by atoms with Crippen molar-refractivity contribution in [2.45, 2.75) is 0 Å². The van der Waals surface area contributed by atoms with Crippen molar-refractivity contribution in [1.82, 2.24) is 0 Å². The third kappa shape index (κ3) is 2.45. The molecule has 4 aromatic rings. The van der Waals surface area contributed by atoms with E-state index in [0.717, 1.165) is 10.1 Å². The molecule has 0 unspecified atom stereocenters. The van der Waals surface area contributed by atoms with E-state index < -0.39 is 17.9 Å². The number of ether oxygens (including phenoxy) is 3. The van der Waals surface area contributed by atoms with Crippen LogP contribution in [0.1, 0.15) is 31.1 Å². The molecule has 2 aromatic heterocycles. The monoisotopic (exact) mass is 398 g/mol. The van der Waals surface area contributed by atoms with Crippen LogP contribution in [-0.4, -0.2) is 39.2 Å². The van der Waals surface area contributed by atoms with Crippen molar-refractivity contribution in [2.24, 2.45) is 0 Å². The van der Waals surface area contributed by atoms with Crippen LogP contribution in [-0.2, 0) is 14.2 Å². The zero-order valence-corrected chi connectivity index (χ0v) is 16.0. The molecular weight excluding hydrogens is 384 g/mol. The molecule has 0 aliphatic rings. The third-order valence-corrected chi connectivity index (χ3v) is 5.62. The number of hydrogen-bond donors (Lipinski definition) is 0. The minimum atomic E-state index is -0.849. The number of para-hydroxylation sites is 1. The second kappa shape index (κ2) is 6.65. The molecule has 0 aliphatic carbocycles. The first-order chi connectivity index (χ1) is 13.5. The van der Waals surface area contributed by atoms with Crippen molar-refractivity contribution in [3.8, 4) is 0 Å². The number of rotatable bonds is 3. The van der Waals surface area contributed by atoms with Crippen LogP contribution in [0.3, 0.4) is 0 Å². The van der Waals surface area contributed by atoms with Crippen LogP contribution in [0.2, 0.25) is 0 Å². The van der Waals surface area contributed by atoms with E-state index in [2.05, 4.69) is 0 Å². The van der Waals surface area contributed by atoms with Crippen molar-refractivity contribution < 1.29 is 33.0 Å². The molecule has 0 atom stereocenters. The van der Waals surface area contributed by atoms with Gasteiger partial charge in [0.05, 0.1) is 48.1 Å². The summed E-state index contributed by atoms with van der Waals surface area (Å²) in [5, 5.41) is 1.27. The molecule has 0 radical (unpaired) electrons. The maximum Gasteiger partial charge on any atom is 0.339 e. The molecule has 7 nitrogen and oxygen atoms in total. The molecule has 2 aromatic carbocycles. The Kier molecular flexibility index (Phi) is 4.27. The molecular formula is C20H14O7S. The lowest BCUT2D eigenvalue weighted by atomic mass is 9.97. The molecule has 0 aliphatic heterocycles. The Labute approximate surface area is 162 Å². The van der Waals surface area contributed by atoms with Crippen molar-refractivity contribution in [2.75, 3.05) is 21.3 Å². The number of carbonyl (C=O) groups excluding carboxylic acids is 3. The number of benzene rings is 2. The summed E-state index contributed by atoms with van der Waals surface area (Å²) in [6.07, 6.45) is 0. The van der Waals surface area contributed by atoms with Crippen molar-refractivity contribution in [1.29, 1.82) is 0 Å². The van der Waals surface area contributed by atoms with E-state index in [9.17, 15) is 14.4 Å². The second-order valence-electron chi connectivity index (χ2n) is 5.88. The summed E-state index contributed by atoms with van der Waals surface area (Å²) >= 11 is 1.35. The first-order valence-electron chi connectivity index (χ1n) is 8.17. The first-order valence-corrected chi connectivity index (χ1v) is 8.99. The second-order valence-corrected chi connectivity index (χ2v) is 6.93. The predicted octanol–water partition coefficient (Wildman–Crippen LogP) is 4.16. The number of fused-ring (bicyclic) bond motifs is 5. The molecule has 0 saturated carbocycles. The Hall–Kier alpha value is -3.39. The average molecular weight is 398 g/mol. The fraction of sp³-hybridized carbons (Fsp3) is 0.150. The van der Waals surface area contributed by atoms with Crippen LogP contribution in [0.4, 0.5) is 0 Å². The summed E-state index contributed by atoms with van der Waals surface area (Å²) in [6, 6.07) is 8.94. The smallest absolute Gasteiger partial charge is 0.339 e. The van der Waals surface area contributed by atoms with Gasteiger partial charge in [-0.15, -0.1) is 11.3 Å². The van der Waals surface area contributed by atoms with Crippen LogP contribution in [0.5, 0.6) is 0 Å². The highest BCUT2D eigenvalue weighted by molar-refractivity contribution is 7.26. The normalized spacial score (nSPS) is 11.1. The Morgan fingerprint density at radius 2 is 1.54 bits per heavy atom. The highest BCUT2D eigenvalue weighted by Gasteiger charge is 2.32. The first kappa shape index (κ1) is 18.0. The minimum absolute atomic E-state index is 0.0736. The molecule has 2 heterocycles. The lowest BCUT2D eigenvalue weighted by Crippen LogP contribution is -2.18. The quantitative estimate of drug-likeness (QED) is 0.378. The van der Waals surface area contributed by atoms with Gasteiger partial charge in [-0.05, 0) is 18.2 Å². The molecule has 0 amide bonds. The van der Waals surface area contributed by atoms with Gasteiger partial charge in [-0.1, -0.05) is 12.1 Å². The fourth-order valence-electron chi connectivity index (χ4n) is 3.25. The van der Waals surface area contributed by atoms with E-state index in [-0.39, 0.29) is 16.7 Å². The largest absolute Gasteiger partial charge is 0.465 e. The van der Waals surface area contributed by atoms with E-state index in [0.29, 0.717) is 21.3 Å². The van der Waals surface area contributed by atoms with Crippen LogP contribution >= 0.6 is 11.3 Å². The van der Waals surface area contributed by atoms with Crippen LogP contribution in [0, 0.1) is 0 Å². The Bertz CT molecular complexity index is 1280. The van der Waals surface area contributed by atoms with E-state index >= 15 is 0 Å². The summed E-state index contributed by atoms with van der Waals surface area (Å²) in [5.41, 5.74) is 0.725. The van der Waals surface area contributed by atoms with Gasteiger partial charge in [-0.3, -0.25) is 0 Å². The van der Waals surface area contributed by atoms with Gasteiger partial charge in [0.1, 0.15) is 5.58 Å². The topological polar surface area (TPSA) is 92.0 Å². The Balaban J connectivity index is 2.24. The Morgan fingerprint density at radius 1 is 0.893 bits per heavy atom. The standard InChI is InChI=1S/C20H14O7S/c1-24-18(21)10-8-12-14(15(20(23)26-3)13(10)19(22)25-2)16-17(28-12)9-6-4-5-7-11(9)27-16/h4-8H,1-3H3. The third-order valence-electron chi connectivity index (χ3n) is 4.46. The van der Waals surface area contributed by atoms with Gasteiger partial charge in [-0.25, -0.2) is 14.4 Å². The van der Waals surface area contributed by atoms with Crippen LogP contribution in [0.25, 0.3) is 31.3 Å². The predicted molar refractivity (Wildman–Crippen MR) is 103 cm³/mol. The number of furan rings is 1. The lowest BCUT2D eigenvalue weighted by Gasteiger charge is -2.12. The van der Waals surface area contributed by atoms with E-state index in [1.54, 1.807) is 0 Å². The van der Waals surface area contributed by atoms with Crippen molar-refractivity contribution in [3.63, 3.8) is 0 Å². The van der Waals surface area contributed by atoms with Gasteiger partial charge >= 0.3 is 17.9 Å². The highest BCUT2D eigenvalue weighted by atomic mass is 32.1. The molecule has 28 heavy (non-hydrogen) atoms. The van der Waals surface area contributed by atoms with E-state index in [1.165, 1.54) is 38.7 Å². The molecule has 0 saturated heterocycles. The summed E-state index contributed by atoms with van der Waals surface area (Å²) in [4.78, 5) is 37.5. The van der Waals surface area contributed by atoms with Gasteiger partial charge < -0.3 is 18.6 Å².